The van der Waals surface area contributed by atoms with Crippen LogP contribution in [0.15, 0.2) is 46.5 Å². The summed E-state index contributed by atoms with van der Waals surface area (Å²) in [6.45, 7) is 3.02. The monoisotopic (exact) mass is 300 g/mol. The van der Waals surface area contributed by atoms with Crippen LogP contribution in [-0.4, -0.2) is 21.7 Å². The molecule has 0 aliphatic heterocycles. The van der Waals surface area contributed by atoms with Gasteiger partial charge in [-0.1, -0.05) is 37.3 Å². The molecule has 5 nitrogen and oxygen atoms in total. The van der Waals surface area contributed by atoms with Crippen molar-refractivity contribution in [3.8, 4) is 10.8 Å². The Hall–Kier alpha value is -2.05. The highest BCUT2D eigenvalue weighted by Gasteiger charge is 2.20. The molecule has 0 aliphatic rings. The SMILES string of the molecule is CCCNC(c1ccccc1)c1nnc(-c2cncs2)o1. The second-order valence-electron chi connectivity index (χ2n) is 4.61. The number of hydrogen-bond donors (Lipinski definition) is 1. The summed E-state index contributed by atoms with van der Waals surface area (Å²) in [6.07, 6.45) is 2.78. The quantitative estimate of drug-likeness (QED) is 0.757. The molecule has 2 heterocycles. The van der Waals surface area contributed by atoms with Crippen LogP contribution in [-0.2, 0) is 0 Å². The van der Waals surface area contributed by atoms with E-state index in [2.05, 4.69) is 39.6 Å². The fourth-order valence-corrected chi connectivity index (χ4v) is 2.59. The van der Waals surface area contributed by atoms with E-state index in [0.717, 1.165) is 23.4 Å². The average Bonchev–Trinajstić information content (AvgIpc) is 3.20. The van der Waals surface area contributed by atoms with Gasteiger partial charge >= 0.3 is 0 Å². The number of rotatable bonds is 6. The van der Waals surface area contributed by atoms with Gasteiger partial charge in [0, 0.05) is 0 Å². The molecule has 1 atom stereocenters. The summed E-state index contributed by atoms with van der Waals surface area (Å²) in [5.74, 6) is 1.10. The summed E-state index contributed by atoms with van der Waals surface area (Å²) in [6, 6.07) is 10.1. The summed E-state index contributed by atoms with van der Waals surface area (Å²) in [4.78, 5) is 4.92. The summed E-state index contributed by atoms with van der Waals surface area (Å²) >= 11 is 1.49. The second kappa shape index (κ2) is 6.60. The number of benzene rings is 1. The van der Waals surface area contributed by atoms with Crippen molar-refractivity contribution in [1.82, 2.24) is 20.5 Å². The Kier molecular flexibility index (Phi) is 4.37. The molecule has 1 aromatic carbocycles. The van der Waals surface area contributed by atoms with Crippen LogP contribution in [0.5, 0.6) is 0 Å². The lowest BCUT2D eigenvalue weighted by molar-refractivity contribution is 0.439. The third kappa shape index (κ3) is 3.17. The van der Waals surface area contributed by atoms with Gasteiger partial charge in [0.15, 0.2) is 0 Å². The Morgan fingerprint density at radius 3 is 2.81 bits per heavy atom. The summed E-state index contributed by atoms with van der Waals surface area (Å²) in [5.41, 5.74) is 2.87. The van der Waals surface area contributed by atoms with Crippen LogP contribution in [0.4, 0.5) is 0 Å². The van der Waals surface area contributed by atoms with E-state index in [9.17, 15) is 0 Å². The maximum Gasteiger partial charge on any atom is 0.259 e. The van der Waals surface area contributed by atoms with Crippen LogP contribution in [0.25, 0.3) is 10.8 Å². The van der Waals surface area contributed by atoms with Crippen molar-refractivity contribution in [3.63, 3.8) is 0 Å². The van der Waals surface area contributed by atoms with E-state index >= 15 is 0 Å². The van der Waals surface area contributed by atoms with Crippen molar-refractivity contribution in [2.24, 2.45) is 0 Å². The van der Waals surface area contributed by atoms with E-state index in [1.807, 2.05) is 18.2 Å². The number of nitrogens with one attached hydrogen (secondary N) is 1. The van der Waals surface area contributed by atoms with E-state index in [1.54, 1.807) is 11.7 Å². The highest BCUT2D eigenvalue weighted by molar-refractivity contribution is 7.13. The van der Waals surface area contributed by atoms with Crippen LogP contribution in [0.3, 0.4) is 0 Å². The van der Waals surface area contributed by atoms with Crippen LogP contribution in [0.1, 0.15) is 30.8 Å². The predicted octanol–water partition coefficient (Wildman–Crippen LogP) is 3.28. The van der Waals surface area contributed by atoms with Gasteiger partial charge < -0.3 is 9.73 Å². The largest absolute Gasteiger partial charge is 0.418 e. The first-order chi connectivity index (χ1) is 10.4. The van der Waals surface area contributed by atoms with Crippen molar-refractivity contribution in [2.45, 2.75) is 19.4 Å². The molecule has 1 N–H and O–H groups in total. The first kappa shape index (κ1) is 13.9. The first-order valence-corrected chi connectivity index (χ1v) is 7.77. The topological polar surface area (TPSA) is 63.8 Å². The van der Waals surface area contributed by atoms with Crippen molar-refractivity contribution in [2.75, 3.05) is 6.54 Å². The normalized spacial score (nSPS) is 12.4. The lowest BCUT2D eigenvalue weighted by Crippen LogP contribution is -2.23. The average molecular weight is 300 g/mol. The summed E-state index contributed by atoms with van der Waals surface area (Å²) < 4.78 is 5.83. The van der Waals surface area contributed by atoms with E-state index in [4.69, 9.17) is 4.42 Å². The van der Waals surface area contributed by atoms with Crippen LogP contribution in [0.2, 0.25) is 0 Å². The molecule has 3 rings (SSSR count). The third-order valence-electron chi connectivity index (χ3n) is 3.06. The third-order valence-corrected chi connectivity index (χ3v) is 3.82. The van der Waals surface area contributed by atoms with Crippen LogP contribution < -0.4 is 5.32 Å². The van der Waals surface area contributed by atoms with Gasteiger partial charge in [0.2, 0.25) is 5.89 Å². The Morgan fingerprint density at radius 2 is 2.10 bits per heavy atom. The lowest BCUT2D eigenvalue weighted by Gasteiger charge is -2.14. The number of hydrogen-bond acceptors (Lipinski definition) is 6. The van der Waals surface area contributed by atoms with Crippen molar-refractivity contribution in [1.29, 1.82) is 0 Å². The maximum atomic E-state index is 5.83. The van der Waals surface area contributed by atoms with E-state index in [-0.39, 0.29) is 6.04 Å². The smallest absolute Gasteiger partial charge is 0.259 e. The van der Waals surface area contributed by atoms with E-state index in [1.165, 1.54) is 11.3 Å². The molecule has 3 aromatic rings. The molecule has 6 heteroatoms. The zero-order valence-electron chi connectivity index (χ0n) is 11.7. The molecular weight excluding hydrogens is 284 g/mol. The fraction of sp³-hybridized carbons (Fsp3) is 0.267. The van der Waals surface area contributed by atoms with Crippen molar-refractivity contribution < 1.29 is 4.42 Å². The molecule has 0 aliphatic carbocycles. The highest BCUT2D eigenvalue weighted by atomic mass is 32.1. The van der Waals surface area contributed by atoms with Gasteiger partial charge in [-0.2, -0.15) is 0 Å². The maximum absolute atomic E-state index is 5.83. The van der Waals surface area contributed by atoms with Gasteiger partial charge in [-0.05, 0) is 18.5 Å². The lowest BCUT2D eigenvalue weighted by atomic mass is 10.1. The fourth-order valence-electron chi connectivity index (χ4n) is 2.05. The summed E-state index contributed by atoms with van der Waals surface area (Å²) in [5, 5.41) is 11.8. The van der Waals surface area contributed by atoms with E-state index < -0.39 is 0 Å². The molecule has 0 spiro atoms. The molecule has 0 fully saturated rings. The molecule has 108 valence electrons. The van der Waals surface area contributed by atoms with Crippen LogP contribution >= 0.6 is 11.3 Å². The number of aromatic nitrogens is 3. The van der Waals surface area contributed by atoms with E-state index in [0.29, 0.717) is 11.8 Å². The first-order valence-electron chi connectivity index (χ1n) is 6.89. The van der Waals surface area contributed by atoms with Gasteiger partial charge in [-0.15, -0.1) is 21.5 Å². The Balaban J connectivity index is 1.90. The Bertz CT molecular complexity index is 666. The molecule has 0 bridgehead atoms. The molecule has 21 heavy (non-hydrogen) atoms. The molecular formula is C15H16N4OS. The van der Waals surface area contributed by atoms with Gasteiger partial charge in [0.05, 0.1) is 11.7 Å². The molecule has 0 saturated carbocycles. The zero-order chi connectivity index (χ0) is 14.5. The van der Waals surface area contributed by atoms with Gasteiger partial charge in [0.1, 0.15) is 10.9 Å². The molecule has 0 radical (unpaired) electrons. The van der Waals surface area contributed by atoms with Crippen molar-refractivity contribution >= 4 is 11.3 Å². The Labute approximate surface area is 127 Å². The second-order valence-corrected chi connectivity index (χ2v) is 5.50. The summed E-state index contributed by atoms with van der Waals surface area (Å²) in [7, 11) is 0. The van der Waals surface area contributed by atoms with Gasteiger partial charge in [-0.3, -0.25) is 4.98 Å². The standard InChI is InChI=1S/C15H16N4OS/c1-2-8-17-13(11-6-4-3-5-7-11)15-19-18-14(20-15)12-9-16-10-21-12/h3-7,9-10,13,17H,2,8H2,1H3. The number of nitrogens with zero attached hydrogens (tertiary/aromatic N) is 3. The molecule has 1 unspecified atom stereocenters. The molecule has 2 aromatic heterocycles. The predicted molar refractivity (Wildman–Crippen MR) is 82.0 cm³/mol. The minimum absolute atomic E-state index is 0.0830. The highest BCUT2D eigenvalue weighted by Crippen LogP contribution is 2.26. The van der Waals surface area contributed by atoms with Crippen molar-refractivity contribution in [3.05, 3.63) is 53.5 Å². The minimum atomic E-state index is -0.0830. The minimum Gasteiger partial charge on any atom is -0.418 e. The number of thiazole rings is 1. The molecule has 0 amide bonds. The Morgan fingerprint density at radius 1 is 1.24 bits per heavy atom. The van der Waals surface area contributed by atoms with Gasteiger partial charge in [-0.25, -0.2) is 0 Å². The van der Waals surface area contributed by atoms with Gasteiger partial charge in [0.25, 0.3) is 5.89 Å². The zero-order valence-corrected chi connectivity index (χ0v) is 12.5. The van der Waals surface area contributed by atoms with Crippen LogP contribution in [0, 0.1) is 0 Å². The molecule has 0 saturated heterocycles.